The Bertz CT molecular complexity index is 355. The summed E-state index contributed by atoms with van der Waals surface area (Å²) in [5.41, 5.74) is 11.3. The second-order valence-electron chi connectivity index (χ2n) is 3.02. The first-order valence-corrected chi connectivity index (χ1v) is 4.91. The number of benzene rings is 1. The maximum atomic E-state index is 10.5. The van der Waals surface area contributed by atoms with Gasteiger partial charge in [-0.25, -0.2) is 0 Å². The molecule has 82 valence electrons. The van der Waals surface area contributed by atoms with E-state index in [1.807, 2.05) is 0 Å². The van der Waals surface area contributed by atoms with Crippen LogP contribution in [0.2, 0.25) is 5.02 Å². The molecule has 0 aliphatic rings. The van der Waals surface area contributed by atoms with Crippen molar-refractivity contribution in [2.75, 3.05) is 6.61 Å². The molecule has 5 heteroatoms. The van der Waals surface area contributed by atoms with E-state index in [9.17, 15) is 4.79 Å². The molecule has 0 bridgehead atoms. The van der Waals surface area contributed by atoms with Crippen molar-refractivity contribution in [1.29, 1.82) is 0 Å². The molecule has 1 aromatic rings. The summed E-state index contributed by atoms with van der Waals surface area (Å²) in [6.07, 6.45) is 0.191. The predicted molar refractivity (Wildman–Crippen MR) is 58.6 cm³/mol. The Morgan fingerprint density at radius 1 is 1.47 bits per heavy atom. The molecular formula is C10H13ClN2O2. The van der Waals surface area contributed by atoms with Crippen molar-refractivity contribution in [2.24, 2.45) is 11.5 Å². The number of carbonyl (C=O) groups excluding carboxylic acids is 1. The lowest BCUT2D eigenvalue weighted by atomic mass is 10.2. The Hall–Kier alpha value is -1.26. The number of amides is 1. The molecule has 15 heavy (non-hydrogen) atoms. The highest BCUT2D eigenvalue weighted by molar-refractivity contribution is 6.31. The van der Waals surface area contributed by atoms with E-state index in [1.165, 1.54) is 0 Å². The van der Waals surface area contributed by atoms with E-state index < -0.39 is 0 Å². The van der Waals surface area contributed by atoms with Crippen molar-refractivity contribution in [3.63, 3.8) is 0 Å². The molecule has 0 aliphatic carbocycles. The molecule has 0 unspecified atom stereocenters. The van der Waals surface area contributed by atoms with Gasteiger partial charge in [0.15, 0.2) is 0 Å². The molecule has 0 fully saturated rings. The molecule has 1 amide bonds. The normalized spacial score (nSPS) is 10.0. The number of carbonyl (C=O) groups is 1. The van der Waals surface area contributed by atoms with Gasteiger partial charge in [-0.05, 0) is 17.7 Å². The molecule has 0 aliphatic heterocycles. The van der Waals surface area contributed by atoms with Crippen molar-refractivity contribution in [1.82, 2.24) is 0 Å². The molecule has 0 radical (unpaired) electrons. The third-order valence-electron chi connectivity index (χ3n) is 1.86. The average Bonchev–Trinajstić information content (AvgIpc) is 2.17. The molecule has 1 rings (SSSR count). The van der Waals surface area contributed by atoms with E-state index in [4.69, 9.17) is 27.8 Å². The number of primary amides is 1. The lowest BCUT2D eigenvalue weighted by Gasteiger charge is -2.07. The molecule has 0 aromatic heterocycles. The summed E-state index contributed by atoms with van der Waals surface area (Å²) < 4.78 is 5.27. The summed E-state index contributed by atoms with van der Waals surface area (Å²) in [5, 5.41) is 0.564. The Morgan fingerprint density at radius 2 is 2.20 bits per heavy atom. The summed E-state index contributed by atoms with van der Waals surface area (Å²) in [6.45, 7) is 0.647. The number of rotatable bonds is 5. The Balaban J connectivity index is 2.55. The smallest absolute Gasteiger partial charge is 0.220 e. The van der Waals surface area contributed by atoms with Crippen molar-refractivity contribution in [3.05, 3.63) is 28.8 Å². The van der Waals surface area contributed by atoms with Gasteiger partial charge in [0.25, 0.3) is 0 Å². The quantitative estimate of drug-likeness (QED) is 0.791. The second kappa shape index (κ2) is 5.58. The summed E-state index contributed by atoms with van der Waals surface area (Å²) >= 11 is 5.92. The van der Waals surface area contributed by atoms with E-state index in [0.717, 1.165) is 5.56 Å². The van der Waals surface area contributed by atoms with E-state index in [-0.39, 0.29) is 18.9 Å². The molecule has 4 N–H and O–H groups in total. The maximum absolute atomic E-state index is 10.5. The van der Waals surface area contributed by atoms with Crippen LogP contribution in [0.3, 0.4) is 0 Å². The van der Waals surface area contributed by atoms with E-state index in [2.05, 4.69) is 0 Å². The van der Waals surface area contributed by atoms with Gasteiger partial charge in [0.2, 0.25) is 5.91 Å². The molecule has 0 saturated carbocycles. The van der Waals surface area contributed by atoms with Crippen molar-refractivity contribution >= 4 is 17.5 Å². The van der Waals surface area contributed by atoms with Crippen LogP contribution in [0, 0.1) is 0 Å². The van der Waals surface area contributed by atoms with Crippen LogP contribution in [-0.4, -0.2) is 12.5 Å². The number of hydrogen-bond donors (Lipinski definition) is 2. The van der Waals surface area contributed by atoms with Crippen molar-refractivity contribution in [3.8, 4) is 5.75 Å². The monoisotopic (exact) mass is 228 g/mol. The Labute approximate surface area is 93.1 Å². The van der Waals surface area contributed by atoms with Crippen LogP contribution in [0.15, 0.2) is 18.2 Å². The number of halogens is 1. The van der Waals surface area contributed by atoms with E-state index in [0.29, 0.717) is 17.3 Å². The topological polar surface area (TPSA) is 78.3 Å². The molecular weight excluding hydrogens is 216 g/mol. The van der Waals surface area contributed by atoms with Crippen LogP contribution in [-0.2, 0) is 11.3 Å². The van der Waals surface area contributed by atoms with Crippen LogP contribution < -0.4 is 16.2 Å². The van der Waals surface area contributed by atoms with Crippen LogP contribution in [0.1, 0.15) is 12.0 Å². The fourth-order valence-corrected chi connectivity index (χ4v) is 1.30. The molecule has 0 spiro atoms. The van der Waals surface area contributed by atoms with Gasteiger partial charge in [0.1, 0.15) is 5.75 Å². The van der Waals surface area contributed by atoms with Gasteiger partial charge in [0.05, 0.1) is 13.0 Å². The van der Waals surface area contributed by atoms with Crippen LogP contribution in [0.5, 0.6) is 5.75 Å². The van der Waals surface area contributed by atoms with Gasteiger partial charge in [-0.3, -0.25) is 4.79 Å². The first-order chi connectivity index (χ1) is 7.13. The van der Waals surface area contributed by atoms with Crippen LogP contribution >= 0.6 is 11.6 Å². The van der Waals surface area contributed by atoms with Gasteiger partial charge >= 0.3 is 0 Å². The minimum absolute atomic E-state index is 0.191. The number of nitrogens with two attached hydrogens (primary N) is 2. The van der Waals surface area contributed by atoms with Gasteiger partial charge < -0.3 is 16.2 Å². The molecule has 0 saturated heterocycles. The SMILES string of the molecule is NCc1ccc(OCCC(N)=O)cc1Cl. The highest BCUT2D eigenvalue weighted by Gasteiger charge is 2.01. The minimum atomic E-state index is -0.389. The van der Waals surface area contributed by atoms with Crippen LogP contribution in [0.25, 0.3) is 0 Å². The lowest BCUT2D eigenvalue weighted by molar-refractivity contribution is -0.118. The summed E-state index contributed by atoms with van der Waals surface area (Å²) in [6, 6.07) is 5.22. The highest BCUT2D eigenvalue weighted by Crippen LogP contribution is 2.22. The standard InChI is InChI=1S/C10H13ClN2O2/c11-9-5-8(2-1-7(9)6-12)15-4-3-10(13)14/h1-2,5H,3-4,6,12H2,(H2,13,14). The average molecular weight is 229 g/mol. The molecule has 4 nitrogen and oxygen atoms in total. The summed E-state index contributed by atoms with van der Waals surface area (Å²) in [7, 11) is 0. The highest BCUT2D eigenvalue weighted by atomic mass is 35.5. The van der Waals surface area contributed by atoms with Crippen LogP contribution in [0.4, 0.5) is 0 Å². The van der Waals surface area contributed by atoms with Gasteiger partial charge in [0, 0.05) is 11.6 Å². The maximum Gasteiger partial charge on any atom is 0.220 e. The third kappa shape index (κ3) is 3.77. The molecule has 0 heterocycles. The number of ether oxygens (including phenoxy) is 1. The predicted octanol–water partition coefficient (Wildman–Crippen LogP) is 1.05. The second-order valence-corrected chi connectivity index (χ2v) is 3.43. The van der Waals surface area contributed by atoms with Gasteiger partial charge in [-0.15, -0.1) is 0 Å². The summed E-state index contributed by atoms with van der Waals surface area (Å²) in [5.74, 6) is 0.220. The van der Waals surface area contributed by atoms with E-state index in [1.54, 1.807) is 18.2 Å². The fraction of sp³-hybridized carbons (Fsp3) is 0.300. The van der Waals surface area contributed by atoms with Gasteiger partial charge in [-0.2, -0.15) is 0 Å². The first-order valence-electron chi connectivity index (χ1n) is 4.53. The fourth-order valence-electron chi connectivity index (χ4n) is 1.05. The first kappa shape index (κ1) is 11.8. The Morgan fingerprint density at radius 3 is 2.73 bits per heavy atom. The third-order valence-corrected chi connectivity index (χ3v) is 2.21. The molecule has 1 aromatic carbocycles. The lowest BCUT2D eigenvalue weighted by Crippen LogP contribution is -2.14. The minimum Gasteiger partial charge on any atom is -0.493 e. The van der Waals surface area contributed by atoms with Crippen molar-refractivity contribution in [2.45, 2.75) is 13.0 Å². The van der Waals surface area contributed by atoms with Gasteiger partial charge in [-0.1, -0.05) is 17.7 Å². The zero-order valence-corrected chi connectivity index (χ0v) is 8.96. The largest absolute Gasteiger partial charge is 0.493 e. The van der Waals surface area contributed by atoms with E-state index >= 15 is 0 Å². The zero-order valence-electron chi connectivity index (χ0n) is 8.20. The zero-order chi connectivity index (χ0) is 11.3. The molecule has 0 atom stereocenters. The van der Waals surface area contributed by atoms with Crippen molar-refractivity contribution < 1.29 is 9.53 Å². The Kier molecular flexibility index (Phi) is 4.39. The summed E-state index contributed by atoms with van der Waals surface area (Å²) in [4.78, 5) is 10.5. The number of hydrogen-bond acceptors (Lipinski definition) is 3.